The van der Waals surface area contributed by atoms with Gasteiger partial charge in [0.2, 0.25) is 0 Å². The molecule has 0 amide bonds. The van der Waals surface area contributed by atoms with Crippen LogP contribution in [0.4, 0.5) is 0 Å². The summed E-state index contributed by atoms with van der Waals surface area (Å²) in [5.74, 6) is 0. The van der Waals surface area contributed by atoms with E-state index in [4.69, 9.17) is 16.6 Å². The highest BCUT2D eigenvalue weighted by Gasteiger charge is 2.19. The molecule has 1 fully saturated rings. The summed E-state index contributed by atoms with van der Waals surface area (Å²) in [4.78, 5) is 4.71. The average Bonchev–Trinajstić information content (AvgIpc) is 3.00. The fourth-order valence-corrected chi connectivity index (χ4v) is 3.11. The lowest BCUT2D eigenvalue weighted by Crippen LogP contribution is -2.12. The first-order valence-corrected chi connectivity index (χ1v) is 7.03. The third-order valence-corrected chi connectivity index (χ3v) is 4.19. The molecular formula is C13H13ClN2S. The van der Waals surface area contributed by atoms with E-state index >= 15 is 0 Å². The van der Waals surface area contributed by atoms with Crippen LogP contribution in [-0.4, -0.2) is 11.5 Å². The summed E-state index contributed by atoms with van der Waals surface area (Å²) in [6.07, 6.45) is 2.45. The number of benzene rings is 1. The van der Waals surface area contributed by atoms with E-state index in [-0.39, 0.29) is 0 Å². The molecule has 1 atom stereocenters. The molecule has 0 spiro atoms. The third-order valence-electron chi connectivity index (χ3n) is 3.03. The molecule has 1 aliphatic rings. The van der Waals surface area contributed by atoms with Gasteiger partial charge in [-0.3, -0.25) is 0 Å². The Morgan fingerprint density at radius 3 is 2.82 bits per heavy atom. The van der Waals surface area contributed by atoms with Crippen molar-refractivity contribution in [3.8, 4) is 10.6 Å². The molecule has 0 aliphatic carbocycles. The monoisotopic (exact) mass is 264 g/mol. The molecule has 0 saturated carbocycles. The minimum Gasteiger partial charge on any atom is -0.309 e. The number of hydrogen-bond acceptors (Lipinski definition) is 3. The van der Waals surface area contributed by atoms with Crippen LogP contribution < -0.4 is 5.32 Å². The fraction of sp³-hybridized carbons (Fsp3) is 0.308. The standard InChI is InChI=1S/C13H13ClN2S/c14-10-5-3-9(4-6-10)13-16-12(8-17-13)11-2-1-7-15-11/h3-6,8,11,15H,1-2,7H2. The van der Waals surface area contributed by atoms with E-state index in [1.54, 1.807) is 11.3 Å². The van der Waals surface area contributed by atoms with Gasteiger partial charge in [-0.25, -0.2) is 4.98 Å². The number of halogens is 1. The van der Waals surface area contributed by atoms with Crippen molar-refractivity contribution in [2.45, 2.75) is 18.9 Å². The topological polar surface area (TPSA) is 24.9 Å². The van der Waals surface area contributed by atoms with Gasteiger partial charge in [0.15, 0.2) is 0 Å². The largest absolute Gasteiger partial charge is 0.309 e. The second-order valence-electron chi connectivity index (χ2n) is 4.23. The van der Waals surface area contributed by atoms with Crippen LogP contribution in [0.3, 0.4) is 0 Å². The molecule has 1 unspecified atom stereocenters. The van der Waals surface area contributed by atoms with Gasteiger partial charge in [0.05, 0.1) is 11.7 Å². The molecule has 1 saturated heterocycles. The fourth-order valence-electron chi connectivity index (χ4n) is 2.11. The highest BCUT2D eigenvalue weighted by atomic mass is 35.5. The van der Waals surface area contributed by atoms with Gasteiger partial charge >= 0.3 is 0 Å². The van der Waals surface area contributed by atoms with Gasteiger partial charge in [-0.05, 0) is 31.5 Å². The predicted octanol–water partition coefficient (Wildman–Crippen LogP) is 3.89. The van der Waals surface area contributed by atoms with Crippen molar-refractivity contribution in [3.63, 3.8) is 0 Å². The molecule has 2 heterocycles. The Morgan fingerprint density at radius 2 is 2.12 bits per heavy atom. The van der Waals surface area contributed by atoms with Crippen LogP contribution >= 0.6 is 22.9 Å². The first-order valence-electron chi connectivity index (χ1n) is 5.78. The molecule has 1 N–H and O–H groups in total. The van der Waals surface area contributed by atoms with E-state index in [2.05, 4.69) is 10.7 Å². The molecule has 1 aromatic heterocycles. The lowest BCUT2D eigenvalue weighted by Gasteiger charge is -2.05. The molecule has 88 valence electrons. The Hall–Kier alpha value is -0.900. The van der Waals surface area contributed by atoms with Crippen LogP contribution in [0.2, 0.25) is 5.02 Å². The summed E-state index contributed by atoms with van der Waals surface area (Å²) in [5, 5.41) is 7.47. The van der Waals surface area contributed by atoms with Gasteiger partial charge < -0.3 is 5.32 Å². The van der Waals surface area contributed by atoms with Gasteiger partial charge in [0, 0.05) is 16.0 Å². The van der Waals surface area contributed by atoms with E-state index in [1.165, 1.54) is 18.5 Å². The van der Waals surface area contributed by atoms with E-state index < -0.39 is 0 Å². The van der Waals surface area contributed by atoms with Crippen LogP contribution in [0.5, 0.6) is 0 Å². The van der Waals surface area contributed by atoms with Crippen molar-refractivity contribution in [2.75, 3.05) is 6.54 Å². The van der Waals surface area contributed by atoms with Crippen molar-refractivity contribution in [1.82, 2.24) is 10.3 Å². The zero-order valence-electron chi connectivity index (χ0n) is 9.32. The first kappa shape index (κ1) is 11.2. The molecule has 17 heavy (non-hydrogen) atoms. The third kappa shape index (κ3) is 2.37. The molecule has 2 aromatic rings. The van der Waals surface area contributed by atoms with Crippen molar-refractivity contribution in [3.05, 3.63) is 40.4 Å². The van der Waals surface area contributed by atoms with Crippen molar-refractivity contribution in [2.24, 2.45) is 0 Å². The Kier molecular flexibility index (Phi) is 3.14. The summed E-state index contributed by atoms with van der Waals surface area (Å²) in [6, 6.07) is 8.31. The summed E-state index contributed by atoms with van der Waals surface area (Å²) in [5.41, 5.74) is 2.32. The Bertz CT molecular complexity index is 500. The number of nitrogens with zero attached hydrogens (tertiary/aromatic N) is 1. The minimum atomic E-state index is 0.451. The Balaban J connectivity index is 1.86. The summed E-state index contributed by atoms with van der Waals surface area (Å²) in [6.45, 7) is 1.11. The number of nitrogens with one attached hydrogen (secondary N) is 1. The van der Waals surface area contributed by atoms with Crippen LogP contribution in [0.1, 0.15) is 24.6 Å². The quantitative estimate of drug-likeness (QED) is 0.890. The number of rotatable bonds is 2. The number of hydrogen-bond donors (Lipinski definition) is 1. The molecule has 3 rings (SSSR count). The predicted molar refractivity (Wildman–Crippen MR) is 72.5 cm³/mol. The highest BCUT2D eigenvalue weighted by Crippen LogP contribution is 2.30. The maximum atomic E-state index is 5.88. The van der Waals surface area contributed by atoms with Gasteiger partial charge in [0.25, 0.3) is 0 Å². The van der Waals surface area contributed by atoms with E-state index in [9.17, 15) is 0 Å². The van der Waals surface area contributed by atoms with Crippen molar-refractivity contribution < 1.29 is 0 Å². The first-order chi connectivity index (χ1) is 8.33. The lowest BCUT2D eigenvalue weighted by molar-refractivity contribution is 0.632. The Morgan fingerprint density at radius 1 is 1.29 bits per heavy atom. The van der Waals surface area contributed by atoms with E-state index in [0.717, 1.165) is 22.1 Å². The van der Waals surface area contributed by atoms with Crippen LogP contribution in [0, 0.1) is 0 Å². The normalized spacial score (nSPS) is 19.7. The second kappa shape index (κ2) is 4.77. The molecule has 0 bridgehead atoms. The lowest BCUT2D eigenvalue weighted by atomic mass is 10.2. The van der Waals surface area contributed by atoms with Gasteiger partial charge in [-0.2, -0.15) is 0 Å². The van der Waals surface area contributed by atoms with Crippen molar-refractivity contribution >= 4 is 22.9 Å². The molecule has 1 aliphatic heterocycles. The molecule has 2 nitrogen and oxygen atoms in total. The Labute approximate surface area is 110 Å². The maximum absolute atomic E-state index is 5.88. The molecule has 0 radical (unpaired) electrons. The van der Waals surface area contributed by atoms with Gasteiger partial charge in [-0.1, -0.05) is 23.7 Å². The van der Waals surface area contributed by atoms with Crippen LogP contribution in [0.15, 0.2) is 29.6 Å². The second-order valence-corrected chi connectivity index (χ2v) is 5.53. The van der Waals surface area contributed by atoms with Crippen LogP contribution in [-0.2, 0) is 0 Å². The smallest absolute Gasteiger partial charge is 0.123 e. The number of thiazole rings is 1. The summed E-state index contributed by atoms with van der Waals surface area (Å²) in [7, 11) is 0. The van der Waals surface area contributed by atoms with Gasteiger partial charge in [0.1, 0.15) is 5.01 Å². The summed E-state index contributed by atoms with van der Waals surface area (Å²) < 4.78 is 0. The SMILES string of the molecule is Clc1ccc(-c2nc(C3CCCN3)cs2)cc1. The average molecular weight is 265 g/mol. The van der Waals surface area contributed by atoms with E-state index in [0.29, 0.717) is 6.04 Å². The van der Waals surface area contributed by atoms with Crippen molar-refractivity contribution in [1.29, 1.82) is 0 Å². The minimum absolute atomic E-state index is 0.451. The molecule has 4 heteroatoms. The van der Waals surface area contributed by atoms with Gasteiger partial charge in [-0.15, -0.1) is 11.3 Å². The molecule has 1 aromatic carbocycles. The van der Waals surface area contributed by atoms with Crippen LogP contribution in [0.25, 0.3) is 10.6 Å². The molecular weight excluding hydrogens is 252 g/mol. The zero-order valence-corrected chi connectivity index (χ0v) is 10.9. The summed E-state index contributed by atoms with van der Waals surface area (Å²) >= 11 is 7.58. The highest BCUT2D eigenvalue weighted by molar-refractivity contribution is 7.13. The number of aromatic nitrogens is 1. The maximum Gasteiger partial charge on any atom is 0.123 e. The zero-order chi connectivity index (χ0) is 11.7. The van der Waals surface area contributed by atoms with E-state index in [1.807, 2.05) is 24.3 Å².